The zero-order chi connectivity index (χ0) is 32.5. The molecule has 0 bridgehead atoms. The molecule has 0 aliphatic carbocycles. The molecule has 1 saturated heterocycles. The lowest BCUT2D eigenvalue weighted by atomic mass is 9.79. The van der Waals surface area contributed by atoms with Crippen molar-refractivity contribution in [1.82, 2.24) is 14.1 Å². The van der Waals surface area contributed by atoms with Gasteiger partial charge in [-0.2, -0.15) is 0 Å². The number of fused-ring (bicyclic) bond motifs is 3. The Hall–Kier alpha value is -4.34. The van der Waals surface area contributed by atoms with Crippen LogP contribution in [0.5, 0.6) is 17.2 Å². The smallest absolute Gasteiger partial charge is 0.497 e. The predicted octanol–water partition coefficient (Wildman–Crippen LogP) is 7.16. The summed E-state index contributed by atoms with van der Waals surface area (Å²) in [6.07, 6.45) is 6.13. The molecule has 1 N–H and O–H groups in total. The molecule has 0 unspecified atom stereocenters. The van der Waals surface area contributed by atoms with Gasteiger partial charge in [0.15, 0.2) is 0 Å². The molecule has 3 aromatic carbocycles. The Morgan fingerprint density at radius 3 is 1.78 bits per heavy atom. The molecule has 1 fully saturated rings. The van der Waals surface area contributed by atoms with Crippen molar-refractivity contribution in [3.05, 3.63) is 84.8 Å². The Kier molecular flexibility index (Phi) is 8.96. The van der Waals surface area contributed by atoms with Gasteiger partial charge in [-0.15, -0.1) is 0 Å². The van der Waals surface area contributed by atoms with Crippen molar-refractivity contribution in [3.8, 4) is 17.2 Å². The first-order chi connectivity index (χ1) is 21.4. The van der Waals surface area contributed by atoms with E-state index in [0.717, 1.165) is 39.1 Å². The first-order valence-corrected chi connectivity index (χ1v) is 15.1. The molecule has 0 atom stereocenters. The first-order valence-electron chi connectivity index (χ1n) is 15.1. The normalized spacial score (nSPS) is 15.0. The summed E-state index contributed by atoms with van der Waals surface area (Å²) in [7, 11) is 8.78. The molecule has 3 aromatic heterocycles. The molecule has 8 nitrogen and oxygen atoms in total. The van der Waals surface area contributed by atoms with E-state index in [9.17, 15) is 0 Å². The van der Waals surface area contributed by atoms with Gasteiger partial charge in [0.25, 0.3) is 0 Å². The minimum Gasteiger partial charge on any atom is -0.497 e. The molecule has 9 heteroatoms. The Balaban J connectivity index is 0.000000143. The van der Waals surface area contributed by atoms with Gasteiger partial charge < -0.3 is 37.6 Å². The number of methoxy groups -OCH3 is 3. The predicted molar refractivity (Wildman–Crippen MR) is 184 cm³/mol. The van der Waals surface area contributed by atoms with Crippen LogP contribution >= 0.6 is 0 Å². The van der Waals surface area contributed by atoms with E-state index in [4.69, 9.17) is 23.5 Å². The molecular weight excluding hydrogens is 565 g/mol. The molecule has 0 radical (unpaired) electrons. The van der Waals surface area contributed by atoms with Gasteiger partial charge in [0, 0.05) is 70.9 Å². The average Bonchev–Trinajstić information content (AvgIpc) is 3.75. The van der Waals surface area contributed by atoms with E-state index >= 15 is 0 Å². The summed E-state index contributed by atoms with van der Waals surface area (Å²) < 4.78 is 32.2. The Morgan fingerprint density at radius 1 is 0.667 bits per heavy atom. The third kappa shape index (κ3) is 6.41. The molecule has 7 rings (SSSR count). The Labute approximate surface area is 265 Å². The highest BCUT2D eigenvalue weighted by Gasteiger charge is 2.52. The van der Waals surface area contributed by atoms with Crippen LogP contribution in [0.1, 0.15) is 33.3 Å². The van der Waals surface area contributed by atoms with Gasteiger partial charge in [-0.25, -0.2) is 0 Å². The van der Waals surface area contributed by atoms with E-state index in [1.165, 1.54) is 21.9 Å². The van der Waals surface area contributed by atoms with E-state index in [0.29, 0.717) is 0 Å². The van der Waals surface area contributed by atoms with E-state index in [1.807, 2.05) is 55.7 Å². The fourth-order valence-corrected chi connectivity index (χ4v) is 5.54. The van der Waals surface area contributed by atoms with Gasteiger partial charge in [-0.3, -0.25) is 0 Å². The van der Waals surface area contributed by atoms with Crippen molar-refractivity contribution < 1.29 is 23.5 Å². The minimum absolute atomic E-state index is 0.335. The second-order valence-corrected chi connectivity index (χ2v) is 12.4. The van der Waals surface area contributed by atoms with Crippen molar-refractivity contribution >= 4 is 45.3 Å². The van der Waals surface area contributed by atoms with Crippen LogP contribution in [0.4, 0.5) is 0 Å². The summed E-state index contributed by atoms with van der Waals surface area (Å²) >= 11 is 0. The molecule has 0 spiro atoms. The molecule has 236 valence electrons. The number of ether oxygens (including phenoxy) is 3. The number of hydrogen-bond acceptors (Lipinski definition) is 5. The number of hydrogen-bond donors (Lipinski definition) is 1. The zero-order valence-electron chi connectivity index (χ0n) is 28.0. The highest BCUT2D eigenvalue weighted by molar-refractivity contribution is 6.65. The van der Waals surface area contributed by atoms with Crippen LogP contribution in [0, 0.1) is 6.92 Å². The number of aromatic amines is 1. The topological polar surface area (TPSA) is 71.8 Å². The average molecular weight is 610 g/mol. The second kappa shape index (κ2) is 12.6. The summed E-state index contributed by atoms with van der Waals surface area (Å²) in [4.78, 5) is 3.12. The summed E-state index contributed by atoms with van der Waals surface area (Å²) in [5.74, 6) is 2.66. The summed E-state index contributed by atoms with van der Waals surface area (Å²) in [6.45, 7) is 10.4. The van der Waals surface area contributed by atoms with Crippen LogP contribution in [0.2, 0.25) is 0 Å². The highest BCUT2D eigenvalue weighted by Crippen LogP contribution is 2.37. The van der Waals surface area contributed by atoms with E-state index < -0.39 is 0 Å². The van der Waals surface area contributed by atoms with Crippen molar-refractivity contribution in [1.29, 1.82) is 0 Å². The standard InChI is InChI=1S/C16H22BNO3.C11H13NO.C9H9NO/c1-15(2)16(3,4)21-17(20-15)13-10-18(5)14-8-7-11(19-6)9-12(13)14;1-8-7-12(2)11-5-4-9(13-3)6-10(8)11;1-11-8-2-3-9-7(6-8)4-5-10-9/h7-10H,1-6H3;4-7H,1-3H3;2-6,10H,1H3. The largest absolute Gasteiger partial charge is 0.497 e. The van der Waals surface area contributed by atoms with Crippen LogP contribution in [0.3, 0.4) is 0 Å². The lowest BCUT2D eigenvalue weighted by Gasteiger charge is -2.32. The monoisotopic (exact) mass is 609 g/mol. The molecule has 1 aliphatic rings. The number of aromatic nitrogens is 3. The second-order valence-electron chi connectivity index (χ2n) is 12.4. The number of benzene rings is 3. The maximum atomic E-state index is 6.17. The third-order valence-corrected chi connectivity index (χ3v) is 8.89. The van der Waals surface area contributed by atoms with E-state index in [2.05, 4.69) is 86.4 Å². The zero-order valence-corrected chi connectivity index (χ0v) is 28.0. The maximum absolute atomic E-state index is 6.17. The molecule has 0 saturated carbocycles. The summed E-state index contributed by atoms with van der Waals surface area (Å²) in [5.41, 5.74) is 5.20. The lowest BCUT2D eigenvalue weighted by molar-refractivity contribution is 0.00578. The summed E-state index contributed by atoms with van der Waals surface area (Å²) in [5, 5.41) is 3.56. The number of aryl methyl sites for hydroxylation is 3. The first kappa shape index (κ1) is 32.1. The van der Waals surface area contributed by atoms with Gasteiger partial charge in [-0.05, 0) is 101 Å². The molecule has 6 aromatic rings. The number of nitrogens with one attached hydrogen (secondary N) is 1. The summed E-state index contributed by atoms with van der Waals surface area (Å²) in [6, 6.07) is 20.2. The Bertz CT molecular complexity index is 1920. The Morgan fingerprint density at radius 2 is 1.18 bits per heavy atom. The molecule has 1 aliphatic heterocycles. The van der Waals surface area contributed by atoms with Crippen molar-refractivity contribution in [3.63, 3.8) is 0 Å². The number of nitrogens with zero attached hydrogens (tertiary/aromatic N) is 2. The van der Waals surface area contributed by atoms with Crippen LogP contribution in [-0.2, 0) is 23.4 Å². The minimum atomic E-state index is -0.356. The fraction of sp³-hybridized carbons (Fsp3) is 0.333. The van der Waals surface area contributed by atoms with Crippen LogP contribution in [-0.4, -0.2) is 53.8 Å². The lowest BCUT2D eigenvalue weighted by Crippen LogP contribution is -2.41. The maximum Gasteiger partial charge on any atom is 0.497 e. The quantitative estimate of drug-likeness (QED) is 0.215. The number of H-pyrrole nitrogens is 1. The van der Waals surface area contributed by atoms with Crippen LogP contribution < -0.4 is 19.7 Å². The van der Waals surface area contributed by atoms with Gasteiger partial charge in [0.2, 0.25) is 0 Å². The molecular formula is C36H44BN3O5. The van der Waals surface area contributed by atoms with Gasteiger partial charge in [-0.1, -0.05) is 0 Å². The SMILES string of the molecule is COc1ccc2[nH]ccc2c1.COc1ccc2c(c1)c(B1OC(C)(C)C(C)(C)O1)cn2C.COc1ccc2c(c1)c(C)cn2C. The van der Waals surface area contributed by atoms with Crippen molar-refractivity contribution in [2.75, 3.05) is 21.3 Å². The molecule has 0 amide bonds. The third-order valence-electron chi connectivity index (χ3n) is 8.89. The van der Waals surface area contributed by atoms with Gasteiger partial charge in [0.05, 0.1) is 32.5 Å². The molecule has 45 heavy (non-hydrogen) atoms. The molecule has 4 heterocycles. The van der Waals surface area contributed by atoms with E-state index in [-0.39, 0.29) is 18.3 Å². The van der Waals surface area contributed by atoms with Gasteiger partial charge >= 0.3 is 7.12 Å². The van der Waals surface area contributed by atoms with Gasteiger partial charge in [0.1, 0.15) is 17.2 Å². The number of rotatable bonds is 4. The highest BCUT2D eigenvalue weighted by atomic mass is 16.7. The van der Waals surface area contributed by atoms with Crippen molar-refractivity contribution in [2.45, 2.75) is 45.8 Å². The van der Waals surface area contributed by atoms with Crippen LogP contribution in [0.25, 0.3) is 32.7 Å². The van der Waals surface area contributed by atoms with E-state index in [1.54, 1.807) is 21.3 Å². The van der Waals surface area contributed by atoms with Crippen LogP contribution in [0.15, 0.2) is 79.3 Å². The fourth-order valence-electron chi connectivity index (χ4n) is 5.54. The van der Waals surface area contributed by atoms with Crippen molar-refractivity contribution in [2.24, 2.45) is 14.1 Å².